The number of hydrogen-bond donors (Lipinski definition) is 2. The molecule has 2 N–H and O–H groups in total. The summed E-state index contributed by atoms with van der Waals surface area (Å²) in [5.41, 5.74) is -0.171. The standard InChI is InChI=1S/C15H18ClN3O4/c16-12-8-7-11(9-13(12)19(22)23)18-15(21)14(20)17-10-5-3-1-2-4-6-10/h7-10H,1-6H2,(H,17,20)(H,18,21). The molecule has 23 heavy (non-hydrogen) atoms. The van der Waals surface area contributed by atoms with Crippen molar-refractivity contribution in [2.45, 2.75) is 44.6 Å². The summed E-state index contributed by atoms with van der Waals surface area (Å²) >= 11 is 5.70. The van der Waals surface area contributed by atoms with Crippen LogP contribution < -0.4 is 10.6 Å². The van der Waals surface area contributed by atoms with Gasteiger partial charge in [-0.1, -0.05) is 37.3 Å². The number of carbonyl (C=O) groups is 2. The molecule has 2 amide bonds. The first-order valence-electron chi connectivity index (χ1n) is 7.53. The van der Waals surface area contributed by atoms with Crippen molar-refractivity contribution in [3.8, 4) is 0 Å². The van der Waals surface area contributed by atoms with E-state index < -0.39 is 16.7 Å². The monoisotopic (exact) mass is 339 g/mol. The van der Waals surface area contributed by atoms with Gasteiger partial charge in [0.15, 0.2) is 0 Å². The highest BCUT2D eigenvalue weighted by Gasteiger charge is 2.21. The van der Waals surface area contributed by atoms with Gasteiger partial charge in [0.1, 0.15) is 5.02 Å². The Kier molecular flexibility index (Phi) is 5.92. The molecule has 0 heterocycles. The van der Waals surface area contributed by atoms with Crippen LogP contribution >= 0.6 is 11.6 Å². The Hall–Kier alpha value is -2.15. The quantitative estimate of drug-likeness (QED) is 0.382. The zero-order valence-electron chi connectivity index (χ0n) is 12.5. The first-order valence-corrected chi connectivity index (χ1v) is 7.91. The van der Waals surface area contributed by atoms with Crippen LogP contribution in [0.15, 0.2) is 18.2 Å². The zero-order chi connectivity index (χ0) is 16.8. The third-order valence-electron chi connectivity index (χ3n) is 3.80. The molecule has 8 heteroatoms. The lowest BCUT2D eigenvalue weighted by atomic mass is 10.1. The molecule has 1 aliphatic rings. The highest BCUT2D eigenvalue weighted by atomic mass is 35.5. The third-order valence-corrected chi connectivity index (χ3v) is 4.12. The first-order chi connectivity index (χ1) is 11.0. The van der Waals surface area contributed by atoms with E-state index >= 15 is 0 Å². The highest BCUT2D eigenvalue weighted by molar-refractivity contribution is 6.39. The predicted molar refractivity (Wildman–Crippen MR) is 86.4 cm³/mol. The normalized spacial score (nSPS) is 15.5. The Labute approximate surface area is 138 Å². The second-order valence-corrected chi connectivity index (χ2v) is 5.95. The smallest absolute Gasteiger partial charge is 0.313 e. The van der Waals surface area contributed by atoms with Gasteiger partial charge in [-0.15, -0.1) is 0 Å². The molecule has 0 saturated heterocycles. The molecule has 1 aliphatic carbocycles. The Morgan fingerprint density at radius 3 is 2.39 bits per heavy atom. The summed E-state index contributed by atoms with van der Waals surface area (Å²) < 4.78 is 0. The molecule has 7 nitrogen and oxygen atoms in total. The molecular weight excluding hydrogens is 322 g/mol. The SMILES string of the molecule is O=C(Nc1ccc(Cl)c([N+](=O)[O-])c1)C(=O)NC1CCCCCC1. The number of halogens is 1. The van der Waals surface area contributed by atoms with Gasteiger partial charge in [0.25, 0.3) is 5.69 Å². The average molecular weight is 340 g/mol. The second kappa shape index (κ2) is 7.92. The van der Waals surface area contributed by atoms with Crippen molar-refractivity contribution in [3.05, 3.63) is 33.3 Å². The lowest BCUT2D eigenvalue weighted by Crippen LogP contribution is -2.41. The molecule has 1 aromatic carbocycles. The van der Waals surface area contributed by atoms with E-state index in [1.54, 1.807) is 0 Å². The van der Waals surface area contributed by atoms with Crippen LogP contribution in [0.3, 0.4) is 0 Å². The molecule has 1 fully saturated rings. The van der Waals surface area contributed by atoms with Gasteiger partial charge < -0.3 is 10.6 Å². The van der Waals surface area contributed by atoms with Crippen LogP contribution in [0.4, 0.5) is 11.4 Å². The maximum atomic E-state index is 11.9. The van der Waals surface area contributed by atoms with Crippen molar-refractivity contribution in [2.75, 3.05) is 5.32 Å². The molecule has 0 atom stereocenters. The van der Waals surface area contributed by atoms with Crippen LogP contribution in [0.5, 0.6) is 0 Å². The summed E-state index contributed by atoms with van der Waals surface area (Å²) in [5.74, 6) is -1.57. The Balaban J connectivity index is 1.96. The van der Waals surface area contributed by atoms with Crippen LogP contribution in [0, 0.1) is 10.1 Å². The highest BCUT2D eigenvalue weighted by Crippen LogP contribution is 2.27. The van der Waals surface area contributed by atoms with E-state index in [1.807, 2.05) is 0 Å². The summed E-state index contributed by atoms with van der Waals surface area (Å²) in [6.07, 6.45) is 6.10. The van der Waals surface area contributed by atoms with Crippen LogP contribution in [0.1, 0.15) is 38.5 Å². The summed E-state index contributed by atoms with van der Waals surface area (Å²) in [5, 5.41) is 15.9. The molecule has 1 saturated carbocycles. The first kappa shape index (κ1) is 17.2. The Morgan fingerprint density at radius 2 is 1.78 bits per heavy atom. The lowest BCUT2D eigenvalue weighted by Gasteiger charge is -2.15. The minimum absolute atomic E-state index is 0.00954. The Bertz CT molecular complexity index is 613. The number of nitro benzene ring substituents is 1. The fraction of sp³-hybridized carbons (Fsp3) is 0.467. The molecule has 0 aliphatic heterocycles. The number of nitro groups is 1. The zero-order valence-corrected chi connectivity index (χ0v) is 13.3. The second-order valence-electron chi connectivity index (χ2n) is 5.54. The van der Waals surface area contributed by atoms with Crippen molar-refractivity contribution >= 4 is 34.8 Å². The molecule has 0 bridgehead atoms. The van der Waals surface area contributed by atoms with Gasteiger partial charge in [-0.25, -0.2) is 0 Å². The van der Waals surface area contributed by atoms with Gasteiger partial charge in [-0.2, -0.15) is 0 Å². The lowest BCUT2D eigenvalue weighted by molar-refractivity contribution is -0.384. The van der Waals surface area contributed by atoms with Crippen molar-refractivity contribution in [1.29, 1.82) is 0 Å². The van der Waals surface area contributed by atoms with E-state index in [9.17, 15) is 19.7 Å². The van der Waals surface area contributed by atoms with Crippen molar-refractivity contribution < 1.29 is 14.5 Å². The Morgan fingerprint density at radius 1 is 1.13 bits per heavy atom. The number of benzene rings is 1. The largest absolute Gasteiger partial charge is 0.345 e. The van der Waals surface area contributed by atoms with Gasteiger partial charge in [0.05, 0.1) is 4.92 Å². The molecule has 0 spiro atoms. The van der Waals surface area contributed by atoms with E-state index in [0.717, 1.165) is 44.6 Å². The van der Waals surface area contributed by atoms with Gasteiger partial charge in [0.2, 0.25) is 0 Å². The van der Waals surface area contributed by atoms with Gasteiger partial charge >= 0.3 is 11.8 Å². The maximum absolute atomic E-state index is 11.9. The molecule has 124 valence electrons. The fourth-order valence-electron chi connectivity index (χ4n) is 2.59. The molecule has 0 unspecified atom stereocenters. The summed E-state index contributed by atoms with van der Waals surface area (Å²) in [7, 11) is 0. The van der Waals surface area contributed by atoms with Crippen molar-refractivity contribution in [3.63, 3.8) is 0 Å². The van der Waals surface area contributed by atoms with Gasteiger partial charge in [-0.3, -0.25) is 19.7 Å². The van der Waals surface area contributed by atoms with Crippen LogP contribution in [0.2, 0.25) is 5.02 Å². The van der Waals surface area contributed by atoms with Crippen LogP contribution in [-0.2, 0) is 9.59 Å². The number of nitrogens with one attached hydrogen (secondary N) is 2. The molecular formula is C15H18ClN3O4. The maximum Gasteiger partial charge on any atom is 0.313 e. The average Bonchev–Trinajstić information content (AvgIpc) is 2.77. The van der Waals surface area contributed by atoms with E-state index in [-0.39, 0.29) is 22.4 Å². The van der Waals surface area contributed by atoms with Crippen molar-refractivity contribution in [2.24, 2.45) is 0 Å². The summed E-state index contributed by atoms with van der Waals surface area (Å²) in [6, 6.07) is 3.85. The van der Waals surface area contributed by atoms with E-state index in [1.165, 1.54) is 12.1 Å². The topological polar surface area (TPSA) is 101 Å². The molecule has 2 rings (SSSR count). The van der Waals surface area contributed by atoms with Gasteiger partial charge in [-0.05, 0) is 25.0 Å². The van der Waals surface area contributed by atoms with E-state index in [0.29, 0.717) is 0 Å². The van der Waals surface area contributed by atoms with Crippen LogP contribution in [0.25, 0.3) is 0 Å². The molecule has 0 radical (unpaired) electrons. The van der Waals surface area contributed by atoms with Crippen LogP contribution in [-0.4, -0.2) is 22.8 Å². The number of hydrogen-bond acceptors (Lipinski definition) is 4. The van der Waals surface area contributed by atoms with Crippen molar-refractivity contribution in [1.82, 2.24) is 5.32 Å². The predicted octanol–water partition coefficient (Wildman–Crippen LogP) is 3.03. The molecule has 0 aromatic heterocycles. The minimum atomic E-state index is -0.842. The number of anilines is 1. The number of nitrogens with zero attached hydrogens (tertiary/aromatic N) is 1. The minimum Gasteiger partial charge on any atom is -0.345 e. The fourth-order valence-corrected chi connectivity index (χ4v) is 2.78. The number of amides is 2. The number of rotatable bonds is 3. The van der Waals surface area contributed by atoms with E-state index in [4.69, 9.17) is 11.6 Å². The van der Waals surface area contributed by atoms with Gasteiger partial charge in [0, 0.05) is 17.8 Å². The van der Waals surface area contributed by atoms with E-state index in [2.05, 4.69) is 10.6 Å². The number of carbonyl (C=O) groups excluding carboxylic acids is 2. The summed E-state index contributed by atoms with van der Waals surface area (Å²) in [6.45, 7) is 0. The third kappa shape index (κ3) is 4.92. The summed E-state index contributed by atoms with van der Waals surface area (Å²) in [4.78, 5) is 34.0. The molecule has 1 aromatic rings.